The molecule has 1 aromatic carbocycles. The second-order valence-corrected chi connectivity index (χ2v) is 8.16. The normalized spacial score (nSPS) is 17.7. The largest absolute Gasteiger partial charge is 0.321 e. The Balaban J connectivity index is 1.46. The van der Waals surface area contributed by atoms with E-state index in [9.17, 15) is 10.1 Å². The van der Waals surface area contributed by atoms with E-state index in [2.05, 4.69) is 27.4 Å². The van der Waals surface area contributed by atoms with Crippen LogP contribution in [0.2, 0.25) is 0 Å². The quantitative estimate of drug-likeness (QED) is 0.866. The molecule has 5 nitrogen and oxygen atoms in total. The van der Waals surface area contributed by atoms with Crippen LogP contribution in [-0.2, 0) is 6.54 Å². The monoisotopic (exact) mass is 370 g/mol. The number of nitrogens with zero attached hydrogens (tertiary/aromatic N) is 3. The minimum Gasteiger partial charge on any atom is -0.321 e. The van der Waals surface area contributed by atoms with Crippen LogP contribution in [0.5, 0.6) is 0 Å². The summed E-state index contributed by atoms with van der Waals surface area (Å²) in [5.41, 5.74) is 7.88. The number of carbonyl (C=O) groups is 1. The van der Waals surface area contributed by atoms with Crippen molar-refractivity contribution in [2.24, 2.45) is 10.9 Å². The number of fused-ring (bicyclic) bond motifs is 1. The average molecular weight is 370 g/mol. The van der Waals surface area contributed by atoms with Crippen molar-refractivity contribution in [3.8, 4) is 6.07 Å². The molecule has 3 aliphatic rings. The van der Waals surface area contributed by atoms with Crippen LogP contribution in [0.1, 0.15) is 75.6 Å². The van der Waals surface area contributed by atoms with Crippen LogP contribution in [-0.4, -0.2) is 16.6 Å². The van der Waals surface area contributed by atoms with E-state index < -0.39 is 0 Å². The maximum atomic E-state index is 13.0. The van der Waals surface area contributed by atoms with Crippen LogP contribution in [0.15, 0.2) is 23.2 Å². The molecule has 2 saturated carbocycles. The summed E-state index contributed by atoms with van der Waals surface area (Å²) in [7, 11) is 0. The first-order valence-corrected chi connectivity index (χ1v) is 9.97. The third kappa shape index (κ3) is 2.80. The van der Waals surface area contributed by atoms with E-state index in [0.29, 0.717) is 23.1 Å². The molecule has 1 amide bonds. The lowest BCUT2D eigenvalue weighted by Gasteiger charge is -2.14. The summed E-state index contributed by atoms with van der Waals surface area (Å²) < 4.78 is 0. The molecule has 1 aliphatic heterocycles. The van der Waals surface area contributed by atoms with Gasteiger partial charge in [0.25, 0.3) is 5.91 Å². The van der Waals surface area contributed by atoms with E-state index in [1.807, 2.05) is 26.0 Å². The van der Waals surface area contributed by atoms with Crippen molar-refractivity contribution < 1.29 is 4.79 Å². The molecule has 0 bridgehead atoms. The van der Waals surface area contributed by atoms with Crippen molar-refractivity contribution in [3.05, 3.63) is 57.4 Å². The molecule has 5 rings (SSSR count). The van der Waals surface area contributed by atoms with E-state index in [1.54, 1.807) is 0 Å². The molecule has 0 atom stereocenters. The number of nitriles is 1. The van der Waals surface area contributed by atoms with E-state index in [4.69, 9.17) is 0 Å². The summed E-state index contributed by atoms with van der Waals surface area (Å²) >= 11 is 0. The summed E-state index contributed by atoms with van der Waals surface area (Å²) in [6, 6.07) is 8.33. The molecule has 0 saturated heterocycles. The topological polar surface area (TPSA) is 78.1 Å². The molecular weight excluding hydrogens is 348 g/mol. The van der Waals surface area contributed by atoms with Crippen molar-refractivity contribution >= 4 is 17.3 Å². The maximum absolute atomic E-state index is 13.0. The second-order valence-electron chi connectivity index (χ2n) is 8.16. The first-order valence-electron chi connectivity index (χ1n) is 9.97. The van der Waals surface area contributed by atoms with Crippen LogP contribution < -0.4 is 5.32 Å². The lowest BCUT2D eigenvalue weighted by atomic mass is 9.98. The Kier molecular flexibility index (Phi) is 3.83. The molecule has 1 aromatic heterocycles. The van der Waals surface area contributed by atoms with Gasteiger partial charge in [-0.15, -0.1) is 0 Å². The Bertz CT molecular complexity index is 1080. The molecule has 5 heteroatoms. The van der Waals surface area contributed by atoms with E-state index >= 15 is 0 Å². The number of pyridine rings is 1. The lowest BCUT2D eigenvalue weighted by Crippen LogP contribution is -2.18. The zero-order valence-corrected chi connectivity index (χ0v) is 16.2. The number of benzene rings is 1. The first-order chi connectivity index (χ1) is 13.6. The Morgan fingerprint density at radius 3 is 2.57 bits per heavy atom. The number of aromatic nitrogens is 1. The van der Waals surface area contributed by atoms with Gasteiger partial charge in [-0.05, 0) is 68.4 Å². The van der Waals surface area contributed by atoms with Crippen LogP contribution in [0.25, 0.3) is 0 Å². The standard InChI is InChI=1S/C23H22N4O/c1-12-13(2)20(27-22(15-5-6-15)19(12)10-24)23(28)26-17-8-7-16-11-25-21(14-3-4-14)18(16)9-17/h7-9,14-15H,3-6,11H2,1-2H3,(H,26,28). The number of aliphatic imine (C=N–C) groups is 1. The minimum atomic E-state index is -0.213. The van der Waals surface area contributed by atoms with Crippen LogP contribution in [0, 0.1) is 31.1 Å². The predicted molar refractivity (Wildman–Crippen MR) is 108 cm³/mol. The molecule has 0 unspecified atom stereocenters. The SMILES string of the molecule is Cc1c(C(=O)Nc2ccc3c(c2)C(C2CC2)=NC3)nc(C2CC2)c(C#N)c1C. The molecule has 2 aliphatic carbocycles. The van der Waals surface area contributed by atoms with Crippen molar-refractivity contribution in [1.82, 2.24) is 4.98 Å². The van der Waals surface area contributed by atoms with Gasteiger partial charge in [-0.3, -0.25) is 9.79 Å². The Morgan fingerprint density at radius 1 is 1.14 bits per heavy atom. The lowest BCUT2D eigenvalue weighted by molar-refractivity contribution is 0.102. The van der Waals surface area contributed by atoms with Crippen molar-refractivity contribution in [2.45, 2.75) is 52.0 Å². The Morgan fingerprint density at radius 2 is 1.89 bits per heavy atom. The number of rotatable bonds is 4. The average Bonchev–Trinajstić information content (AvgIpc) is 3.61. The predicted octanol–water partition coefficient (Wildman–Crippen LogP) is 4.41. The molecule has 140 valence electrons. The molecule has 28 heavy (non-hydrogen) atoms. The second kappa shape index (κ2) is 6.27. The van der Waals surface area contributed by atoms with Crippen molar-refractivity contribution in [1.29, 1.82) is 5.26 Å². The Labute approximate surface area is 164 Å². The number of hydrogen-bond acceptors (Lipinski definition) is 4. The summed E-state index contributed by atoms with van der Waals surface area (Å²) in [5.74, 6) is 0.700. The molecule has 2 heterocycles. The number of nitrogens with one attached hydrogen (secondary N) is 1. The molecule has 2 fully saturated rings. The van der Waals surface area contributed by atoms with Gasteiger partial charge in [0.15, 0.2) is 0 Å². The first kappa shape index (κ1) is 17.1. The summed E-state index contributed by atoms with van der Waals surface area (Å²) in [6.45, 7) is 4.52. The number of amides is 1. The summed E-state index contributed by atoms with van der Waals surface area (Å²) in [5, 5.41) is 12.5. The number of anilines is 1. The highest BCUT2D eigenvalue weighted by molar-refractivity contribution is 6.09. The molecule has 0 spiro atoms. The van der Waals surface area contributed by atoms with Crippen LogP contribution in [0.3, 0.4) is 0 Å². The van der Waals surface area contributed by atoms with Gasteiger partial charge in [0.1, 0.15) is 11.8 Å². The van der Waals surface area contributed by atoms with Crippen LogP contribution >= 0.6 is 0 Å². The van der Waals surface area contributed by atoms with Crippen molar-refractivity contribution in [2.75, 3.05) is 5.32 Å². The fourth-order valence-electron chi connectivity index (χ4n) is 4.01. The van der Waals surface area contributed by atoms with E-state index in [0.717, 1.165) is 41.9 Å². The highest BCUT2D eigenvalue weighted by atomic mass is 16.1. The van der Waals surface area contributed by atoms with Gasteiger partial charge in [0.2, 0.25) is 0 Å². The van der Waals surface area contributed by atoms with E-state index in [1.165, 1.54) is 29.7 Å². The Hall–Kier alpha value is -3.00. The third-order valence-corrected chi connectivity index (χ3v) is 6.10. The molecular formula is C23H22N4O. The smallest absolute Gasteiger partial charge is 0.274 e. The van der Waals surface area contributed by atoms with Gasteiger partial charge in [0, 0.05) is 28.8 Å². The van der Waals surface area contributed by atoms with Gasteiger partial charge in [-0.1, -0.05) is 6.07 Å². The van der Waals surface area contributed by atoms with Gasteiger partial charge in [0.05, 0.1) is 17.8 Å². The maximum Gasteiger partial charge on any atom is 0.274 e. The van der Waals surface area contributed by atoms with Gasteiger partial charge in [-0.2, -0.15) is 5.26 Å². The molecule has 1 N–H and O–H groups in total. The molecule has 2 aromatic rings. The molecule has 0 radical (unpaired) electrons. The van der Waals surface area contributed by atoms with E-state index in [-0.39, 0.29) is 5.91 Å². The minimum absolute atomic E-state index is 0.213. The zero-order chi connectivity index (χ0) is 19.4. The summed E-state index contributed by atoms with van der Waals surface area (Å²) in [6.07, 6.45) is 4.51. The van der Waals surface area contributed by atoms with Crippen LogP contribution in [0.4, 0.5) is 5.69 Å². The highest BCUT2D eigenvalue weighted by Crippen LogP contribution is 2.42. The van der Waals surface area contributed by atoms with Gasteiger partial charge < -0.3 is 5.32 Å². The fourth-order valence-corrected chi connectivity index (χ4v) is 4.01. The zero-order valence-electron chi connectivity index (χ0n) is 16.2. The number of hydrogen-bond donors (Lipinski definition) is 1. The highest BCUT2D eigenvalue weighted by Gasteiger charge is 2.33. The fraction of sp³-hybridized carbons (Fsp3) is 0.391. The summed E-state index contributed by atoms with van der Waals surface area (Å²) in [4.78, 5) is 22.3. The van der Waals surface area contributed by atoms with Gasteiger partial charge in [-0.25, -0.2) is 4.98 Å². The number of carbonyl (C=O) groups excluding carboxylic acids is 1. The van der Waals surface area contributed by atoms with Crippen molar-refractivity contribution in [3.63, 3.8) is 0 Å². The van der Waals surface area contributed by atoms with Gasteiger partial charge >= 0.3 is 0 Å². The third-order valence-electron chi connectivity index (χ3n) is 6.10.